The van der Waals surface area contributed by atoms with Gasteiger partial charge in [-0.05, 0) is 49.7 Å². The van der Waals surface area contributed by atoms with Gasteiger partial charge in [0.25, 0.3) is 0 Å². The third kappa shape index (κ3) is 2.98. The van der Waals surface area contributed by atoms with Gasteiger partial charge in [0.05, 0.1) is 5.41 Å². The van der Waals surface area contributed by atoms with Gasteiger partial charge in [-0.2, -0.15) is 0 Å². The Hall–Kier alpha value is -2.11. The van der Waals surface area contributed by atoms with Crippen LogP contribution >= 0.6 is 23.2 Å². The lowest BCUT2D eigenvalue weighted by atomic mass is 10.1. The van der Waals surface area contributed by atoms with Crippen LogP contribution in [0.1, 0.15) is 13.3 Å². The lowest BCUT2D eigenvalue weighted by Gasteiger charge is -2.13. The smallest absolute Gasteiger partial charge is 0.233 e. The van der Waals surface area contributed by atoms with Crippen molar-refractivity contribution in [3.63, 3.8) is 0 Å². The van der Waals surface area contributed by atoms with Gasteiger partial charge in [-0.3, -0.25) is 4.79 Å². The summed E-state index contributed by atoms with van der Waals surface area (Å²) in [6.45, 7) is 1.97. The first-order valence-electron chi connectivity index (χ1n) is 7.74. The molecule has 2 aromatic rings. The Kier molecular flexibility index (Phi) is 3.74. The molecule has 1 aliphatic carbocycles. The molecule has 1 fully saturated rings. The maximum Gasteiger partial charge on any atom is 0.233 e. The summed E-state index contributed by atoms with van der Waals surface area (Å²) in [5.74, 6) is 2.44. The number of ether oxygens (including phenoxy) is 3. The maximum atomic E-state index is 12.3. The van der Waals surface area contributed by atoms with E-state index < -0.39 is 9.75 Å². The Morgan fingerprint density at radius 2 is 1.72 bits per heavy atom. The third-order valence-corrected chi connectivity index (χ3v) is 5.55. The summed E-state index contributed by atoms with van der Waals surface area (Å²) < 4.78 is 15.4. The Balaban J connectivity index is 1.41. The molecule has 0 spiro atoms. The topological polar surface area (TPSA) is 56.8 Å². The molecule has 2 aliphatic rings. The summed E-state index contributed by atoms with van der Waals surface area (Å²) in [7, 11) is 0. The van der Waals surface area contributed by atoms with E-state index in [1.807, 2.05) is 0 Å². The van der Waals surface area contributed by atoms with Gasteiger partial charge in [0.2, 0.25) is 12.7 Å². The van der Waals surface area contributed by atoms with E-state index in [1.54, 1.807) is 49.4 Å². The summed E-state index contributed by atoms with van der Waals surface area (Å²) in [5.41, 5.74) is -0.0992. The average Bonchev–Trinajstić information content (AvgIpc) is 2.93. The number of anilines is 1. The van der Waals surface area contributed by atoms with Gasteiger partial charge in [-0.15, -0.1) is 23.2 Å². The number of alkyl halides is 2. The maximum absolute atomic E-state index is 12.3. The van der Waals surface area contributed by atoms with Crippen molar-refractivity contribution in [2.75, 3.05) is 12.1 Å². The van der Waals surface area contributed by atoms with Crippen molar-refractivity contribution in [3.8, 4) is 23.0 Å². The van der Waals surface area contributed by atoms with Crippen LogP contribution in [0, 0.1) is 5.41 Å². The highest BCUT2D eigenvalue weighted by molar-refractivity contribution is 6.53. The molecule has 1 N–H and O–H groups in total. The Bertz CT molecular complexity index is 837. The molecular formula is C18H15Cl2NO4. The quantitative estimate of drug-likeness (QED) is 0.780. The molecule has 1 unspecified atom stereocenters. The van der Waals surface area contributed by atoms with Crippen molar-refractivity contribution in [3.05, 3.63) is 42.5 Å². The Morgan fingerprint density at radius 1 is 1.08 bits per heavy atom. The van der Waals surface area contributed by atoms with Gasteiger partial charge in [-0.25, -0.2) is 0 Å². The number of amides is 1. The van der Waals surface area contributed by atoms with E-state index in [-0.39, 0.29) is 12.7 Å². The number of rotatable bonds is 4. The van der Waals surface area contributed by atoms with Gasteiger partial charge in [0.15, 0.2) is 11.5 Å². The van der Waals surface area contributed by atoms with E-state index in [4.69, 9.17) is 37.4 Å². The predicted octanol–water partition coefficient (Wildman–Crippen LogP) is 4.73. The highest BCUT2D eigenvalue weighted by Gasteiger charge is 2.67. The highest BCUT2D eigenvalue weighted by atomic mass is 35.5. The first-order chi connectivity index (χ1) is 11.9. The van der Waals surface area contributed by atoms with E-state index in [1.165, 1.54) is 0 Å². The average molecular weight is 380 g/mol. The molecule has 1 aliphatic heterocycles. The first-order valence-corrected chi connectivity index (χ1v) is 8.50. The summed E-state index contributed by atoms with van der Waals surface area (Å²) in [5, 5.41) is 2.83. The fourth-order valence-corrected chi connectivity index (χ4v) is 3.30. The number of halogens is 2. The zero-order valence-corrected chi connectivity index (χ0v) is 14.9. The first kappa shape index (κ1) is 16.4. The largest absolute Gasteiger partial charge is 0.457 e. The van der Waals surface area contributed by atoms with Crippen molar-refractivity contribution in [1.29, 1.82) is 0 Å². The molecule has 4 rings (SSSR count). The van der Waals surface area contributed by atoms with E-state index in [9.17, 15) is 4.79 Å². The minimum atomic E-state index is -0.987. The van der Waals surface area contributed by atoms with Gasteiger partial charge < -0.3 is 19.5 Å². The number of carbonyl (C=O) groups is 1. The SMILES string of the molecule is CC1(C(=O)Nc2ccc(Oc3ccc4c(c3)OCO4)cc2)CC1(Cl)Cl. The molecule has 1 heterocycles. The zero-order chi connectivity index (χ0) is 17.7. The normalized spacial score (nSPS) is 22.4. The molecule has 1 saturated carbocycles. The van der Waals surface area contributed by atoms with Gasteiger partial charge in [-0.1, -0.05) is 0 Å². The second-order valence-electron chi connectivity index (χ2n) is 6.31. The molecule has 130 valence electrons. The number of fused-ring (bicyclic) bond motifs is 1. The lowest BCUT2D eigenvalue weighted by molar-refractivity contribution is -0.120. The number of benzene rings is 2. The molecule has 7 heteroatoms. The molecule has 0 aromatic heterocycles. The van der Waals surface area contributed by atoms with Crippen molar-refractivity contribution in [1.82, 2.24) is 0 Å². The molecule has 2 aromatic carbocycles. The van der Waals surface area contributed by atoms with Crippen LogP contribution in [-0.2, 0) is 4.79 Å². The number of carbonyl (C=O) groups excluding carboxylic acids is 1. The van der Waals surface area contributed by atoms with Crippen LogP contribution in [0.5, 0.6) is 23.0 Å². The molecule has 1 atom stereocenters. The van der Waals surface area contributed by atoms with Crippen LogP contribution in [0.25, 0.3) is 0 Å². The van der Waals surface area contributed by atoms with Crippen LogP contribution in [0.4, 0.5) is 5.69 Å². The van der Waals surface area contributed by atoms with Crippen molar-refractivity contribution in [2.45, 2.75) is 17.7 Å². The molecule has 5 nitrogen and oxygen atoms in total. The number of hydrogen-bond donors (Lipinski definition) is 1. The fraction of sp³-hybridized carbons (Fsp3) is 0.278. The van der Waals surface area contributed by atoms with E-state index >= 15 is 0 Å². The molecule has 0 saturated heterocycles. The predicted molar refractivity (Wildman–Crippen MR) is 94.9 cm³/mol. The van der Waals surface area contributed by atoms with Crippen molar-refractivity contribution >= 4 is 34.8 Å². The van der Waals surface area contributed by atoms with Crippen LogP contribution < -0.4 is 19.5 Å². The Morgan fingerprint density at radius 3 is 2.40 bits per heavy atom. The minimum Gasteiger partial charge on any atom is -0.457 e. The lowest BCUT2D eigenvalue weighted by Crippen LogP contribution is -2.25. The summed E-state index contributed by atoms with van der Waals surface area (Å²) in [4.78, 5) is 12.3. The minimum absolute atomic E-state index is 0.193. The summed E-state index contributed by atoms with van der Waals surface area (Å²) in [6.07, 6.45) is 0.445. The number of nitrogens with one attached hydrogen (secondary N) is 1. The fourth-order valence-electron chi connectivity index (χ4n) is 2.60. The number of hydrogen-bond acceptors (Lipinski definition) is 4. The van der Waals surface area contributed by atoms with Crippen LogP contribution in [0.2, 0.25) is 0 Å². The van der Waals surface area contributed by atoms with E-state index in [2.05, 4.69) is 5.32 Å². The zero-order valence-electron chi connectivity index (χ0n) is 13.3. The molecular weight excluding hydrogens is 365 g/mol. The van der Waals surface area contributed by atoms with Gasteiger partial charge in [0.1, 0.15) is 15.8 Å². The summed E-state index contributed by atoms with van der Waals surface area (Å²) >= 11 is 12.1. The second kappa shape index (κ2) is 5.71. The molecule has 1 amide bonds. The molecule has 25 heavy (non-hydrogen) atoms. The standard InChI is InChI=1S/C18H15Cl2NO4/c1-17(9-18(17,19)20)16(22)21-11-2-4-12(5-3-11)25-13-6-7-14-15(8-13)24-10-23-14/h2-8H,9-10H2,1H3,(H,21,22). The van der Waals surface area contributed by atoms with Crippen LogP contribution in [0.15, 0.2) is 42.5 Å². The van der Waals surface area contributed by atoms with Gasteiger partial charge >= 0.3 is 0 Å². The molecule has 0 radical (unpaired) electrons. The van der Waals surface area contributed by atoms with Crippen molar-refractivity contribution < 1.29 is 19.0 Å². The summed E-state index contributed by atoms with van der Waals surface area (Å²) in [6, 6.07) is 12.4. The Labute approximate surface area is 154 Å². The van der Waals surface area contributed by atoms with Crippen LogP contribution in [-0.4, -0.2) is 17.0 Å². The second-order valence-corrected chi connectivity index (χ2v) is 7.79. The monoisotopic (exact) mass is 379 g/mol. The third-order valence-electron chi connectivity index (χ3n) is 4.45. The molecule has 0 bridgehead atoms. The van der Waals surface area contributed by atoms with Crippen molar-refractivity contribution in [2.24, 2.45) is 5.41 Å². The van der Waals surface area contributed by atoms with E-state index in [0.717, 1.165) is 0 Å². The van der Waals surface area contributed by atoms with E-state index in [0.29, 0.717) is 35.1 Å². The highest BCUT2D eigenvalue weighted by Crippen LogP contribution is 2.64. The van der Waals surface area contributed by atoms with Crippen LogP contribution in [0.3, 0.4) is 0 Å². The van der Waals surface area contributed by atoms with Gasteiger partial charge in [0, 0.05) is 11.8 Å².